The molecule has 1 aliphatic carbocycles. The van der Waals surface area contributed by atoms with Crippen molar-refractivity contribution >= 4 is 11.3 Å². The largest absolute Gasteiger partial charge is 0.334 e. The molecule has 1 fully saturated rings. The summed E-state index contributed by atoms with van der Waals surface area (Å²) in [6.07, 6.45) is 6.58. The van der Waals surface area contributed by atoms with Gasteiger partial charge in [0.2, 0.25) is 0 Å². The quantitative estimate of drug-likeness (QED) is 0.913. The lowest BCUT2D eigenvalue weighted by molar-refractivity contribution is 0.470. The van der Waals surface area contributed by atoms with E-state index in [-0.39, 0.29) is 0 Å². The Morgan fingerprint density at radius 1 is 1.37 bits per heavy atom. The summed E-state index contributed by atoms with van der Waals surface area (Å²) in [5.74, 6) is 1.82. The molecule has 0 bridgehead atoms. The molecule has 1 atom stereocenters. The second kappa shape index (κ2) is 5.06. The summed E-state index contributed by atoms with van der Waals surface area (Å²) in [7, 11) is 2.07. The highest BCUT2D eigenvalue weighted by Crippen LogP contribution is 2.42. The molecule has 2 heterocycles. The van der Waals surface area contributed by atoms with Gasteiger partial charge in [0.1, 0.15) is 10.8 Å². The second-order valence-corrected chi connectivity index (χ2v) is 6.63. The zero-order chi connectivity index (χ0) is 13.4. The molecule has 0 amide bonds. The third kappa shape index (κ3) is 2.72. The molecule has 0 saturated heterocycles. The Hall–Kier alpha value is -1.20. The molecule has 0 aliphatic heterocycles. The van der Waals surface area contributed by atoms with E-state index in [1.807, 2.05) is 30.7 Å². The van der Waals surface area contributed by atoms with Gasteiger partial charge < -0.3 is 9.88 Å². The average Bonchev–Trinajstić information content (AvgIpc) is 3.07. The lowest BCUT2D eigenvalue weighted by Crippen LogP contribution is -2.23. The van der Waals surface area contributed by atoms with Crippen molar-refractivity contribution in [2.45, 2.75) is 39.3 Å². The summed E-state index contributed by atoms with van der Waals surface area (Å²) in [5.41, 5.74) is 1.23. The fraction of sp³-hybridized carbons (Fsp3) is 0.571. The number of hydrogen-bond acceptors (Lipinski definition) is 4. The highest BCUT2D eigenvalue weighted by Gasteiger charge is 2.33. The zero-order valence-electron chi connectivity index (χ0n) is 11.7. The molecule has 5 heteroatoms. The van der Waals surface area contributed by atoms with Crippen LogP contribution in [-0.4, -0.2) is 14.5 Å². The van der Waals surface area contributed by atoms with E-state index in [4.69, 9.17) is 0 Å². The van der Waals surface area contributed by atoms with Gasteiger partial charge in [0, 0.05) is 30.9 Å². The molecular weight excluding hydrogens is 256 g/mol. The minimum atomic E-state index is 0.411. The molecule has 3 rings (SSSR count). The topological polar surface area (TPSA) is 42.7 Å². The molecule has 1 aliphatic rings. The average molecular weight is 276 g/mol. The predicted molar refractivity (Wildman–Crippen MR) is 77.1 cm³/mol. The van der Waals surface area contributed by atoms with Crippen molar-refractivity contribution in [2.75, 3.05) is 0 Å². The summed E-state index contributed by atoms with van der Waals surface area (Å²) < 4.78 is 2.14. The Bertz CT molecular complexity index is 568. The Morgan fingerprint density at radius 3 is 2.68 bits per heavy atom. The van der Waals surface area contributed by atoms with Gasteiger partial charge in [-0.1, -0.05) is 0 Å². The Morgan fingerprint density at radius 2 is 2.16 bits per heavy atom. The number of aromatic nitrogens is 3. The Balaban J connectivity index is 1.70. The standard InChI is InChI=1S/C14H20N4S/c1-9-6-17-14(19-9)13(11-4-5-11)16-8-12-7-15-10(2)18(12)3/h6-7,11,13,16H,4-5,8H2,1-3H3. The number of rotatable bonds is 5. The SMILES string of the molecule is Cc1cnc(C(NCc2cnc(C)n2C)C2CC2)s1. The predicted octanol–water partition coefficient (Wildman–Crippen LogP) is 2.73. The first kappa shape index (κ1) is 12.8. The molecule has 2 aromatic rings. The first-order chi connectivity index (χ1) is 9.15. The van der Waals surface area contributed by atoms with Gasteiger partial charge in [-0.3, -0.25) is 0 Å². The summed E-state index contributed by atoms with van der Waals surface area (Å²) in [4.78, 5) is 10.2. The minimum absolute atomic E-state index is 0.411. The molecule has 1 N–H and O–H groups in total. The van der Waals surface area contributed by atoms with Crippen LogP contribution in [-0.2, 0) is 13.6 Å². The van der Waals surface area contributed by atoms with Crippen LogP contribution in [0.25, 0.3) is 0 Å². The van der Waals surface area contributed by atoms with Crippen LogP contribution in [0.5, 0.6) is 0 Å². The molecule has 1 unspecified atom stereocenters. The van der Waals surface area contributed by atoms with Gasteiger partial charge >= 0.3 is 0 Å². The van der Waals surface area contributed by atoms with Crippen molar-refractivity contribution in [1.82, 2.24) is 19.9 Å². The van der Waals surface area contributed by atoms with Gasteiger partial charge in [-0.15, -0.1) is 11.3 Å². The highest BCUT2D eigenvalue weighted by atomic mass is 32.1. The molecule has 4 nitrogen and oxygen atoms in total. The van der Waals surface area contributed by atoms with Crippen molar-refractivity contribution < 1.29 is 0 Å². The van der Waals surface area contributed by atoms with E-state index in [2.05, 4.69) is 33.8 Å². The van der Waals surface area contributed by atoms with E-state index in [0.29, 0.717) is 6.04 Å². The van der Waals surface area contributed by atoms with Crippen LogP contribution in [0, 0.1) is 19.8 Å². The monoisotopic (exact) mass is 276 g/mol. The summed E-state index contributed by atoms with van der Waals surface area (Å²) in [6, 6.07) is 0.411. The van der Waals surface area contributed by atoms with Crippen LogP contribution >= 0.6 is 11.3 Å². The van der Waals surface area contributed by atoms with Crippen LogP contribution in [0.3, 0.4) is 0 Å². The lowest BCUT2D eigenvalue weighted by Gasteiger charge is -2.16. The molecule has 1 saturated carbocycles. The second-order valence-electron chi connectivity index (χ2n) is 5.36. The van der Waals surface area contributed by atoms with Crippen LogP contribution in [0.2, 0.25) is 0 Å². The summed E-state index contributed by atoms with van der Waals surface area (Å²) >= 11 is 1.81. The van der Waals surface area contributed by atoms with Crippen LogP contribution in [0.4, 0.5) is 0 Å². The first-order valence-electron chi connectivity index (χ1n) is 6.78. The van der Waals surface area contributed by atoms with Crippen LogP contribution in [0.15, 0.2) is 12.4 Å². The number of thiazole rings is 1. The summed E-state index contributed by atoms with van der Waals surface area (Å²) in [5, 5.41) is 4.90. The first-order valence-corrected chi connectivity index (χ1v) is 7.59. The summed E-state index contributed by atoms with van der Waals surface area (Å²) in [6.45, 7) is 5.01. The van der Waals surface area contributed by atoms with Gasteiger partial charge in [0.25, 0.3) is 0 Å². The van der Waals surface area contributed by atoms with Crippen molar-refractivity contribution in [1.29, 1.82) is 0 Å². The van der Waals surface area contributed by atoms with Crippen molar-refractivity contribution in [3.8, 4) is 0 Å². The molecule has 0 aromatic carbocycles. The Labute approximate surface area is 117 Å². The van der Waals surface area contributed by atoms with Gasteiger partial charge in [-0.25, -0.2) is 9.97 Å². The van der Waals surface area contributed by atoms with Crippen LogP contribution in [0.1, 0.15) is 40.3 Å². The molecule has 102 valence electrons. The molecule has 19 heavy (non-hydrogen) atoms. The fourth-order valence-electron chi connectivity index (χ4n) is 2.33. The number of nitrogens with zero attached hydrogens (tertiary/aromatic N) is 3. The fourth-order valence-corrected chi connectivity index (χ4v) is 3.27. The van der Waals surface area contributed by atoms with E-state index in [1.54, 1.807) is 0 Å². The third-order valence-corrected chi connectivity index (χ3v) is 4.81. The van der Waals surface area contributed by atoms with Gasteiger partial charge in [0.05, 0.1) is 11.7 Å². The van der Waals surface area contributed by atoms with Crippen molar-refractivity contribution in [3.05, 3.63) is 33.8 Å². The van der Waals surface area contributed by atoms with E-state index >= 15 is 0 Å². The minimum Gasteiger partial charge on any atom is -0.334 e. The number of imidazole rings is 1. The van der Waals surface area contributed by atoms with E-state index in [0.717, 1.165) is 18.3 Å². The molecule has 0 radical (unpaired) electrons. The smallest absolute Gasteiger partial charge is 0.110 e. The number of aryl methyl sites for hydroxylation is 2. The van der Waals surface area contributed by atoms with Gasteiger partial charge in [-0.2, -0.15) is 0 Å². The zero-order valence-corrected chi connectivity index (χ0v) is 12.5. The molecule has 2 aromatic heterocycles. The highest BCUT2D eigenvalue weighted by molar-refractivity contribution is 7.11. The molecular formula is C14H20N4S. The maximum Gasteiger partial charge on any atom is 0.110 e. The van der Waals surface area contributed by atoms with Crippen molar-refractivity contribution in [2.24, 2.45) is 13.0 Å². The maximum absolute atomic E-state index is 4.55. The Kier molecular flexibility index (Phi) is 3.41. The van der Waals surface area contributed by atoms with Crippen LogP contribution < -0.4 is 5.32 Å². The lowest BCUT2D eigenvalue weighted by atomic mass is 10.2. The van der Waals surface area contributed by atoms with Gasteiger partial charge in [0.15, 0.2) is 0 Å². The van der Waals surface area contributed by atoms with E-state index < -0.39 is 0 Å². The third-order valence-electron chi connectivity index (χ3n) is 3.82. The molecule has 0 spiro atoms. The normalized spacial score (nSPS) is 16.8. The number of hydrogen-bond donors (Lipinski definition) is 1. The van der Waals surface area contributed by atoms with Crippen molar-refractivity contribution in [3.63, 3.8) is 0 Å². The van der Waals surface area contributed by atoms with Gasteiger partial charge in [-0.05, 0) is 32.6 Å². The maximum atomic E-state index is 4.55. The van der Waals surface area contributed by atoms with E-state index in [1.165, 1.54) is 28.4 Å². The van der Waals surface area contributed by atoms with E-state index in [9.17, 15) is 0 Å². The number of nitrogens with one attached hydrogen (secondary N) is 1.